The summed E-state index contributed by atoms with van der Waals surface area (Å²) in [5, 5.41) is 34.6. The summed E-state index contributed by atoms with van der Waals surface area (Å²) < 4.78 is 94.1. The number of amides is 7. The minimum absolute atomic E-state index is 0.0190. The summed E-state index contributed by atoms with van der Waals surface area (Å²) in [6.07, 6.45) is 0.524. The first-order valence-electron chi connectivity index (χ1n) is 41.1. The van der Waals surface area contributed by atoms with Gasteiger partial charge in [0.15, 0.2) is 34.9 Å². The van der Waals surface area contributed by atoms with Crippen molar-refractivity contribution in [3.63, 3.8) is 0 Å². The number of urea groups is 1. The molecular formula is C85H116F2N10O20. The first kappa shape index (κ1) is 90.5. The summed E-state index contributed by atoms with van der Waals surface area (Å²) >= 11 is 0. The molecule has 2 aliphatic heterocycles. The van der Waals surface area contributed by atoms with E-state index in [0.29, 0.717) is 81.5 Å². The molecule has 4 aromatic rings. The Kier molecular flexibility index (Phi) is 33.4. The maximum Gasteiger partial charge on any atom is 0.407 e. The van der Waals surface area contributed by atoms with Crippen molar-refractivity contribution in [2.75, 3.05) is 122 Å². The molecule has 32 heteroatoms. The lowest BCUT2D eigenvalue weighted by atomic mass is 9.44. The van der Waals surface area contributed by atoms with E-state index in [1.54, 1.807) is 49.9 Å². The van der Waals surface area contributed by atoms with Crippen LogP contribution in [0.15, 0.2) is 96.6 Å². The van der Waals surface area contributed by atoms with E-state index < -0.39 is 113 Å². The Labute approximate surface area is 681 Å². The van der Waals surface area contributed by atoms with Crippen molar-refractivity contribution in [2.45, 2.75) is 187 Å². The summed E-state index contributed by atoms with van der Waals surface area (Å²) in [7, 11) is 0. The van der Waals surface area contributed by atoms with Crippen molar-refractivity contribution in [2.24, 2.45) is 40.2 Å². The summed E-state index contributed by atoms with van der Waals surface area (Å²) in [6.45, 7) is 16.0. The minimum atomic E-state index is -2.39. The van der Waals surface area contributed by atoms with E-state index in [2.05, 4.69) is 43.8 Å². The van der Waals surface area contributed by atoms with Crippen LogP contribution in [0.5, 0.6) is 0 Å². The summed E-state index contributed by atoms with van der Waals surface area (Å²) in [5.74, 6) is -5.89. The first-order valence-corrected chi connectivity index (χ1v) is 41.1. The molecule has 1 aromatic heterocycles. The number of benzene rings is 3. The number of ether oxygens (including phenoxy) is 10. The molecule has 8 N–H and O–H groups in total. The van der Waals surface area contributed by atoms with Crippen LogP contribution in [0.3, 0.4) is 0 Å². The molecule has 117 heavy (non-hydrogen) atoms. The second kappa shape index (κ2) is 43.2. The molecular weight excluding hydrogens is 1520 g/mol. The highest BCUT2D eigenvalue weighted by Gasteiger charge is 2.80. The van der Waals surface area contributed by atoms with Crippen LogP contribution in [0.1, 0.15) is 136 Å². The monoisotopic (exact) mass is 1630 g/mol. The topological polar surface area (TPSA) is 386 Å². The van der Waals surface area contributed by atoms with Crippen molar-refractivity contribution in [3.05, 3.63) is 108 Å². The van der Waals surface area contributed by atoms with Crippen LogP contribution >= 0.6 is 0 Å². The number of hydrogen-bond acceptors (Lipinski definition) is 22. The number of unbranched alkanes of at least 4 members (excludes halogenated alkanes) is 1. The van der Waals surface area contributed by atoms with E-state index in [9.17, 15) is 48.3 Å². The molecule has 4 fully saturated rings. The Morgan fingerprint density at radius 2 is 1.38 bits per heavy atom. The second-order valence-corrected chi connectivity index (χ2v) is 31.3. The number of nitrogens with zero attached hydrogens (tertiary/aromatic N) is 4. The third-order valence-electron chi connectivity index (χ3n) is 23.2. The Balaban J connectivity index is 0.582. The standard InChI is InChI=1S/C85H116F2N10O20/c1-7-9-33-108-37-41-112-44-40-111-36-32-97-78-61-18-11-10-16-58(61)53-96(67-20-13-12-19-62(67)77(78)94-95-97)74(104)26-25-72(102)89-31-35-110-39-43-114-46-45-113-42-38-109-34-28-73(103)93-76(55(3)4)68(99)47-57(17-14-30-90-80(88)106)79(105)92-59-23-21-56(22-24-59)54-115-81(107)91-52-70(101)85-71(116-75(117-85)15-8-2)50-63-64-49-66(86)65-48-60(98)27-29-82(65,5)84(64,87)69(100)51-83(63,85)6/h10-13,16,18-24,27,29,48,55,57,63-64,66,69,71,75-76,100H,7-9,14-15,17,25-26,28,30-47,49-54H2,1-6H3,(H,89,102)(H,91,107)(H,92,105)(H,93,103)(H3,88,90,106)/t57-,63+,64+,66+,69+,71-,75+,76+,82+,83+,84+,85-/m1/s1. The molecule has 4 aliphatic carbocycles. The van der Waals surface area contributed by atoms with Crippen LogP contribution in [0.4, 0.5) is 29.7 Å². The highest BCUT2D eigenvalue weighted by molar-refractivity contribution is 6.03. The zero-order valence-electron chi connectivity index (χ0n) is 68.0. The maximum atomic E-state index is 18.0. The average molecular weight is 1640 g/mol. The fraction of sp³-hybridized carbons (Fsp3) is 0.612. The van der Waals surface area contributed by atoms with Gasteiger partial charge in [-0.1, -0.05) is 113 Å². The highest BCUT2D eigenvalue weighted by atomic mass is 19.1. The SMILES string of the molecule is CCCCOCCOCCOCCn1nnc2c1-c1ccccc1CN(C(=O)CCC(=O)NCCOCCOCCOCCOCCC(=O)N[C@H](C(=O)C[C@@H](CCCNC(N)=O)C(=O)Nc1ccc(COC(=O)NCC(=O)[C@@]34O[C@@H](CCC)O[C@@H]3C[C@H]3[C@@H]5C[C@H](F)C6=CC(=O)C=C[C@]6(C)[C@@]5(F)[C@@H](O)C[C@@]34C)cc1)C(C)C)c1ccccc1-2. The molecule has 3 saturated carbocycles. The van der Waals surface area contributed by atoms with Crippen molar-refractivity contribution in [1.82, 2.24) is 36.3 Å². The largest absolute Gasteiger partial charge is 0.445 e. The number of Topliss-reactive ketones (excluding diaryl/α,β-unsaturated/α-hetero) is 2. The number of primary amides is 1. The molecule has 640 valence electrons. The van der Waals surface area contributed by atoms with Gasteiger partial charge in [-0.2, -0.15) is 0 Å². The van der Waals surface area contributed by atoms with Crippen molar-refractivity contribution >= 4 is 64.5 Å². The van der Waals surface area contributed by atoms with Gasteiger partial charge in [-0.25, -0.2) is 23.1 Å². The van der Waals surface area contributed by atoms with Gasteiger partial charge in [0.25, 0.3) is 0 Å². The number of alkyl carbamates (subject to hydrolysis) is 1. The lowest BCUT2D eigenvalue weighted by Crippen LogP contribution is -2.71. The third kappa shape index (κ3) is 22.4. The molecule has 0 radical (unpaired) electrons. The van der Waals surface area contributed by atoms with Gasteiger partial charge < -0.3 is 89.7 Å². The van der Waals surface area contributed by atoms with Crippen LogP contribution in [0, 0.1) is 34.5 Å². The number of fused-ring (bicyclic) bond motifs is 12. The van der Waals surface area contributed by atoms with Gasteiger partial charge in [-0.15, -0.1) is 5.10 Å². The van der Waals surface area contributed by atoms with Gasteiger partial charge in [-0.3, -0.25) is 33.6 Å². The number of allylic oxidation sites excluding steroid dienone is 4. The van der Waals surface area contributed by atoms with Crippen LogP contribution in [0.25, 0.3) is 22.5 Å². The number of para-hydroxylation sites is 1. The highest BCUT2D eigenvalue weighted by Crippen LogP contribution is 2.72. The molecule has 0 bridgehead atoms. The van der Waals surface area contributed by atoms with Crippen LogP contribution < -0.4 is 37.2 Å². The van der Waals surface area contributed by atoms with Crippen molar-refractivity contribution < 1.29 is 104 Å². The number of aliphatic hydroxyl groups excluding tert-OH is 1. The zero-order chi connectivity index (χ0) is 83.7. The molecule has 3 heterocycles. The molecule has 3 aromatic carbocycles. The summed E-state index contributed by atoms with van der Waals surface area (Å²) in [6, 6.07) is 20.1. The summed E-state index contributed by atoms with van der Waals surface area (Å²) in [4.78, 5) is 122. The number of alkyl halides is 2. The number of aliphatic hydroxyl groups is 1. The number of rotatable bonds is 48. The predicted molar refractivity (Wildman–Crippen MR) is 426 cm³/mol. The van der Waals surface area contributed by atoms with E-state index in [1.165, 1.54) is 19.1 Å². The van der Waals surface area contributed by atoms with Gasteiger partial charge in [0.1, 0.15) is 18.5 Å². The Morgan fingerprint density at radius 1 is 0.726 bits per heavy atom. The second-order valence-electron chi connectivity index (χ2n) is 31.3. The van der Waals surface area contributed by atoms with Crippen LogP contribution in [-0.4, -0.2) is 227 Å². The molecule has 12 atom stereocenters. The summed E-state index contributed by atoms with van der Waals surface area (Å²) in [5.41, 5.74) is 3.78. The number of hydrogen-bond donors (Lipinski definition) is 7. The van der Waals surface area contributed by atoms with Crippen molar-refractivity contribution in [1.29, 1.82) is 0 Å². The van der Waals surface area contributed by atoms with Gasteiger partial charge in [0, 0.05) is 84.9 Å². The van der Waals surface area contributed by atoms with E-state index in [-0.39, 0.29) is 160 Å². The number of anilines is 2. The number of nitrogens with two attached hydrogens (primary N) is 1. The number of halogens is 2. The number of nitrogens with one attached hydrogen (secondary N) is 5. The number of carbonyl (C=O) groups excluding carboxylic acids is 9. The van der Waals surface area contributed by atoms with E-state index in [0.717, 1.165) is 47.9 Å². The molecule has 0 spiro atoms. The zero-order valence-corrected chi connectivity index (χ0v) is 68.0. The number of ketones is 3. The third-order valence-corrected chi connectivity index (χ3v) is 23.2. The first-order chi connectivity index (χ1) is 56.4. The number of aromatic nitrogens is 3. The fourth-order valence-corrected chi connectivity index (χ4v) is 17.2. The molecule has 7 amide bonds. The van der Waals surface area contributed by atoms with E-state index in [1.807, 2.05) is 60.1 Å². The van der Waals surface area contributed by atoms with E-state index >= 15 is 8.78 Å². The Hall–Kier alpha value is -8.83. The smallest absolute Gasteiger partial charge is 0.407 e. The van der Waals surface area contributed by atoms with Gasteiger partial charge in [-0.05, 0) is 111 Å². The fourth-order valence-electron chi connectivity index (χ4n) is 17.2. The van der Waals surface area contributed by atoms with Gasteiger partial charge in [0.2, 0.25) is 23.6 Å². The Morgan fingerprint density at radius 3 is 2.07 bits per heavy atom. The molecule has 30 nitrogen and oxygen atoms in total. The van der Waals surface area contributed by atoms with Crippen LogP contribution in [-0.2, 0) is 101 Å². The molecule has 1 saturated heterocycles. The van der Waals surface area contributed by atoms with E-state index in [4.69, 9.17) is 53.1 Å². The molecule has 10 rings (SSSR count). The van der Waals surface area contributed by atoms with Crippen LogP contribution in [0.2, 0.25) is 0 Å². The lowest BCUT2D eigenvalue weighted by molar-refractivity contribution is -0.233. The van der Waals surface area contributed by atoms with Gasteiger partial charge in [0.05, 0.1) is 135 Å². The molecule has 6 aliphatic rings. The molecule has 0 unspecified atom stereocenters. The van der Waals surface area contributed by atoms with Gasteiger partial charge >= 0.3 is 12.1 Å². The Bertz CT molecular complexity index is 4110. The predicted octanol–water partition coefficient (Wildman–Crippen LogP) is 8.47. The van der Waals surface area contributed by atoms with Crippen molar-refractivity contribution in [3.8, 4) is 22.5 Å². The number of carbonyl (C=O) groups is 9. The quantitative estimate of drug-likeness (QED) is 0.0204. The minimum Gasteiger partial charge on any atom is -0.445 e. The average Bonchev–Trinajstić information content (AvgIpc) is 1.54. The lowest BCUT2D eigenvalue weighted by Gasteiger charge is -2.63. The normalized spacial score (nSPS) is 23.9. The maximum absolute atomic E-state index is 18.0.